The van der Waals surface area contributed by atoms with Gasteiger partial charge in [0.25, 0.3) is 0 Å². The predicted octanol–water partition coefficient (Wildman–Crippen LogP) is 36.3. The Morgan fingerprint density at radius 2 is 0.444 bits per heavy atom. The van der Waals surface area contributed by atoms with E-state index >= 15 is 0 Å². The predicted molar refractivity (Wildman–Crippen MR) is 555 cm³/mol. The van der Waals surface area contributed by atoms with Gasteiger partial charge < -0.3 is 21.3 Å². The van der Waals surface area contributed by atoms with E-state index in [1.54, 1.807) is 0 Å². The van der Waals surface area contributed by atoms with Gasteiger partial charge in [-0.3, -0.25) is 0 Å². The normalized spacial score (nSPS) is 11.5. The Morgan fingerprint density at radius 3 is 0.992 bits per heavy atom. The van der Waals surface area contributed by atoms with Crippen LogP contribution in [0.15, 0.2) is 449 Å². The molecule has 8 heteroatoms. The smallest absolute Gasteiger partial charge is 0.0590 e. The van der Waals surface area contributed by atoms with Gasteiger partial charge in [0.15, 0.2) is 0 Å². The largest absolute Gasteiger partial charge is 0.356 e. The number of hydrogen-bond acceptors (Lipinski definition) is 8. The molecule has 0 amide bonds. The summed E-state index contributed by atoms with van der Waals surface area (Å²) in [6.07, 6.45) is 0. The number of fused-ring (bicyclic) bond motifs is 20. The van der Waals surface area contributed by atoms with Crippen molar-refractivity contribution >= 4 is 247 Å². The molecule has 594 valence electrons. The minimum absolute atomic E-state index is 1.10. The third-order valence-electron chi connectivity index (χ3n) is 24.2. The standard InChI is InChI=1S/2C32H21NS.C28H19NS.C26H17NS/c1-2-8-22-17-26(16-15-21(22)7-1)23-11-5-12-27(18-23)33-30-14-6-13-28-29-19-24-9-3-4-10-25(24)20-31(29)34-32(28)30;1-2-7-23-18-26(13-12-21(23)6-1)22-14-16-27(17-15-22)33-30-11-5-10-28-29-19-24-8-3-4-9-25(24)20-31(29)34-32(28)30;1-2-6-19(7-3-1)20-10-12-23(13-11-20)29-24-14-15-27-26(18-24)25-16-21-8-4-5-9-22(21)17-28(25)30-27;1-2-8-19-16-20(14-12-17(19)6-1)27-23-11-5-10-22-25-21-9-4-3-7-18(21)13-15-24(25)28-26(22)23/h2*1-20,33H;1-18,29H;1-16,27H. The first-order valence-corrected chi connectivity index (χ1v) is 45.9. The maximum absolute atomic E-state index is 3.71. The zero-order chi connectivity index (χ0) is 83.4. The van der Waals surface area contributed by atoms with Gasteiger partial charge >= 0.3 is 0 Å². The van der Waals surface area contributed by atoms with Gasteiger partial charge in [-0.1, -0.05) is 309 Å². The second-order valence-electron chi connectivity index (χ2n) is 32.2. The lowest BCUT2D eigenvalue weighted by Crippen LogP contribution is -1.91. The Labute approximate surface area is 744 Å². The van der Waals surface area contributed by atoms with Crippen molar-refractivity contribution in [2.45, 2.75) is 0 Å². The molecule has 0 aliphatic rings. The molecule has 22 aromatic carbocycles. The van der Waals surface area contributed by atoms with Crippen LogP contribution in [0.4, 0.5) is 45.5 Å². The molecule has 0 atom stereocenters. The average molecular weight is 1680 g/mol. The minimum Gasteiger partial charge on any atom is -0.356 e. The summed E-state index contributed by atoms with van der Waals surface area (Å²) >= 11 is 7.45. The van der Waals surface area contributed by atoms with Crippen molar-refractivity contribution in [1.82, 2.24) is 0 Å². The molecule has 26 aromatic rings. The van der Waals surface area contributed by atoms with Crippen molar-refractivity contribution in [1.29, 1.82) is 0 Å². The highest BCUT2D eigenvalue weighted by molar-refractivity contribution is 7.27. The molecule has 0 aliphatic carbocycles. The maximum atomic E-state index is 3.71. The molecule has 4 heterocycles. The van der Waals surface area contributed by atoms with E-state index in [0.717, 1.165) is 45.5 Å². The molecule has 4 nitrogen and oxygen atoms in total. The van der Waals surface area contributed by atoms with Crippen LogP contribution < -0.4 is 21.3 Å². The van der Waals surface area contributed by atoms with Crippen LogP contribution in [-0.2, 0) is 0 Å². The fraction of sp³-hybridized carbons (Fsp3) is 0. The lowest BCUT2D eigenvalue weighted by atomic mass is 10.0. The molecule has 126 heavy (non-hydrogen) atoms. The summed E-state index contributed by atoms with van der Waals surface area (Å²) in [6.45, 7) is 0. The highest BCUT2D eigenvalue weighted by atomic mass is 32.1. The SMILES string of the molecule is c1cc(Nc2cccc3c2sc2cc4ccccc4cc23)cc(-c2ccc3ccccc3c2)c1.c1ccc(-c2ccc(Nc3ccc4sc5cc6ccccc6cc5c4c3)cc2)cc1.c1ccc2cc(-c3ccc(Nc4cccc5c4sc4cc6ccccc6cc45)cc3)ccc2c1.c1ccc2cc(Nc3cccc4c3sc3ccc5ccccc5c34)ccc2c1. The Morgan fingerprint density at radius 1 is 0.135 bits per heavy atom. The summed E-state index contributed by atoms with van der Waals surface area (Å²) in [6, 6.07) is 161. The Balaban J connectivity index is 0.0000000969. The van der Waals surface area contributed by atoms with E-state index in [4.69, 9.17) is 0 Å². The van der Waals surface area contributed by atoms with Gasteiger partial charge in [0.1, 0.15) is 0 Å². The van der Waals surface area contributed by atoms with Crippen molar-refractivity contribution in [2.75, 3.05) is 21.3 Å². The summed E-state index contributed by atoms with van der Waals surface area (Å²) in [5, 5.41) is 43.2. The quantitative estimate of drug-likeness (QED) is 0.104. The molecule has 4 aromatic heterocycles. The molecule has 0 aliphatic heterocycles. The second-order valence-corrected chi connectivity index (χ2v) is 36.4. The molecular weight excluding hydrogens is 1600 g/mol. The van der Waals surface area contributed by atoms with Crippen LogP contribution in [0.25, 0.3) is 189 Å². The minimum atomic E-state index is 1.10. The number of hydrogen-bond donors (Lipinski definition) is 4. The van der Waals surface area contributed by atoms with Crippen molar-refractivity contribution in [2.24, 2.45) is 0 Å². The third kappa shape index (κ3) is 14.9. The van der Waals surface area contributed by atoms with Crippen LogP contribution in [0.1, 0.15) is 0 Å². The lowest BCUT2D eigenvalue weighted by Gasteiger charge is -2.10. The Hall–Kier alpha value is -15.3. The van der Waals surface area contributed by atoms with E-state index in [-0.39, 0.29) is 0 Å². The van der Waals surface area contributed by atoms with E-state index in [0.29, 0.717) is 0 Å². The molecular formula is C118H78N4S4. The number of anilines is 8. The third-order valence-corrected chi connectivity index (χ3v) is 29.0. The lowest BCUT2D eigenvalue weighted by molar-refractivity contribution is 1.56. The first-order valence-electron chi connectivity index (χ1n) is 42.6. The molecule has 0 saturated carbocycles. The van der Waals surface area contributed by atoms with E-state index in [1.165, 1.54) is 189 Å². The van der Waals surface area contributed by atoms with Gasteiger partial charge in [-0.15, -0.1) is 45.3 Å². The van der Waals surface area contributed by atoms with Gasteiger partial charge in [0, 0.05) is 95.0 Å². The molecule has 4 N–H and O–H groups in total. The van der Waals surface area contributed by atoms with E-state index in [1.807, 2.05) is 51.4 Å². The van der Waals surface area contributed by atoms with Gasteiger partial charge in [0.2, 0.25) is 0 Å². The molecule has 0 unspecified atom stereocenters. The van der Waals surface area contributed by atoms with Crippen molar-refractivity contribution in [3.63, 3.8) is 0 Å². The van der Waals surface area contributed by atoms with Crippen LogP contribution in [0.2, 0.25) is 0 Å². The monoisotopic (exact) mass is 1680 g/mol. The van der Waals surface area contributed by atoms with Crippen molar-refractivity contribution in [3.8, 4) is 33.4 Å². The molecule has 0 radical (unpaired) electrons. The zero-order valence-electron chi connectivity index (χ0n) is 68.4. The summed E-state index contributed by atoms with van der Waals surface area (Å²) in [7, 11) is 0. The Kier molecular flexibility index (Phi) is 19.7. The van der Waals surface area contributed by atoms with E-state index in [2.05, 4.69) is 464 Å². The van der Waals surface area contributed by atoms with Crippen LogP contribution >= 0.6 is 45.3 Å². The van der Waals surface area contributed by atoms with Gasteiger partial charge in [-0.25, -0.2) is 0 Å². The number of thiophene rings is 4. The van der Waals surface area contributed by atoms with Gasteiger partial charge in [0.05, 0.1) is 31.2 Å². The molecule has 0 bridgehead atoms. The summed E-state index contributed by atoms with van der Waals surface area (Å²) in [5.41, 5.74) is 16.4. The number of nitrogens with one attached hydrogen (secondary N) is 4. The molecule has 0 fully saturated rings. The summed E-state index contributed by atoms with van der Waals surface area (Å²) < 4.78 is 10.6. The fourth-order valence-corrected chi connectivity index (χ4v) is 22.6. The van der Waals surface area contributed by atoms with Gasteiger partial charge in [-0.2, -0.15) is 0 Å². The first-order chi connectivity index (χ1) is 62.3. The highest BCUT2D eigenvalue weighted by Crippen LogP contribution is 2.47. The van der Waals surface area contributed by atoms with Crippen LogP contribution in [0, 0.1) is 0 Å². The number of benzene rings is 22. The van der Waals surface area contributed by atoms with Gasteiger partial charge in [-0.05, 0) is 248 Å². The topological polar surface area (TPSA) is 48.1 Å². The Bertz CT molecular complexity index is 8680. The first kappa shape index (κ1) is 75.7. The second kappa shape index (κ2) is 32.9. The van der Waals surface area contributed by atoms with Crippen molar-refractivity contribution in [3.05, 3.63) is 449 Å². The summed E-state index contributed by atoms with van der Waals surface area (Å²) in [5.74, 6) is 0. The van der Waals surface area contributed by atoms with Crippen molar-refractivity contribution < 1.29 is 0 Å². The fourth-order valence-electron chi connectivity index (χ4n) is 17.9. The number of rotatable bonds is 11. The average Bonchev–Trinajstić information content (AvgIpc) is 1.60. The summed E-state index contributed by atoms with van der Waals surface area (Å²) in [4.78, 5) is 0. The zero-order valence-corrected chi connectivity index (χ0v) is 71.6. The maximum Gasteiger partial charge on any atom is 0.0590 e. The van der Waals surface area contributed by atoms with E-state index < -0.39 is 0 Å². The van der Waals surface area contributed by atoms with Crippen LogP contribution in [0.3, 0.4) is 0 Å². The molecule has 0 saturated heterocycles. The molecule has 0 spiro atoms. The van der Waals surface area contributed by atoms with Crippen LogP contribution in [0.5, 0.6) is 0 Å². The highest BCUT2D eigenvalue weighted by Gasteiger charge is 2.17. The van der Waals surface area contributed by atoms with E-state index in [9.17, 15) is 0 Å². The van der Waals surface area contributed by atoms with Crippen LogP contribution in [-0.4, -0.2) is 0 Å². The molecule has 26 rings (SSSR count).